The van der Waals surface area contributed by atoms with E-state index in [9.17, 15) is 4.79 Å². The van der Waals surface area contributed by atoms with Crippen LogP contribution in [0.25, 0.3) is 0 Å². The molecule has 0 aliphatic carbocycles. The Kier molecular flexibility index (Phi) is 7.81. The molecule has 0 saturated carbocycles. The Morgan fingerprint density at radius 2 is 1.88 bits per heavy atom. The monoisotopic (exact) mass is 392 g/mol. The Bertz CT molecular complexity index is 796. The third kappa shape index (κ3) is 5.68. The first kappa shape index (κ1) is 20.1. The highest BCUT2D eigenvalue weighted by molar-refractivity contribution is 7.99. The lowest BCUT2D eigenvalue weighted by Gasteiger charge is -2.09. The van der Waals surface area contributed by atoms with Gasteiger partial charge in [0, 0.05) is 16.3 Å². The standard InChI is InChI=1S/C19H21ClN2O3S/c1-13(14-8-9-17(24-2)18(10-14)25-3)21-22-19(23)12-26-11-15-6-4-5-7-16(15)20/h4-10H,11-12H2,1-3H3,(H,22,23)/b21-13+. The van der Waals surface area contributed by atoms with Gasteiger partial charge in [-0.15, -0.1) is 11.8 Å². The fraction of sp³-hybridized carbons (Fsp3) is 0.263. The van der Waals surface area contributed by atoms with Gasteiger partial charge in [0.15, 0.2) is 11.5 Å². The van der Waals surface area contributed by atoms with Crippen LogP contribution in [0.2, 0.25) is 5.02 Å². The number of nitrogens with one attached hydrogen (secondary N) is 1. The van der Waals surface area contributed by atoms with Crippen molar-refractivity contribution in [2.24, 2.45) is 5.10 Å². The third-order valence-electron chi connectivity index (χ3n) is 3.60. The number of carbonyl (C=O) groups excluding carboxylic acids is 1. The lowest BCUT2D eigenvalue weighted by atomic mass is 10.1. The van der Waals surface area contributed by atoms with E-state index in [1.165, 1.54) is 11.8 Å². The molecule has 0 aliphatic heterocycles. The van der Waals surface area contributed by atoms with Crippen LogP contribution >= 0.6 is 23.4 Å². The second-order valence-electron chi connectivity index (χ2n) is 5.39. The highest BCUT2D eigenvalue weighted by atomic mass is 35.5. The Labute approximate surface area is 162 Å². The molecular weight excluding hydrogens is 372 g/mol. The van der Waals surface area contributed by atoms with E-state index in [0.717, 1.165) is 11.1 Å². The summed E-state index contributed by atoms with van der Waals surface area (Å²) < 4.78 is 10.5. The minimum atomic E-state index is -0.165. The van der Waals surface area contributed by atoms with Crippen LogP contribution in [-0.2, 0) is 10.5 Å². The number of ether oxygens (including phenoxy) is 2. The second-order valence-corrected chi connectivity index (χ2v) is 6.78. The molecule has 0 aliphatic rings. The highest BCUT2D eigenvalue weighted by Gasteiger charge is 2.08. The molecule has 2 aromatic rings. The average molecular weight is 393 g/mol. The van der Waals surface area contributed by atoms with E-state index in [4.69, 9.17) is 21.1 Å². The first-order valence-corrected chi connectivity index (χ1v) is 9.45. The van der Waals surface area contributed by atoms with Crippen molar-refractivity contribution < 1.29 is 14.3 Å². The Morgan fingerprint density at radius 1 is 1.15 bits per heavy atom. The van der Waals surface area contributed by atoms with E-state index in [2.05, 4.69) is 10.5 Å². The minimum Gasteiger partial charge on any atom is -0.493 e. The van der Waals surface area contributed by atoms with Gasteiger partial charge in [0.2, 0.25) is 5.91 Å². The van der Waals surface area contributed by atoms with Gasteiger partial charge in [-0.3, -0.25) is 4.79 Å². The number of carbonyl (C=O) groups is 1. The Hall–Kier alpha value is -2.18. The Morgan fingerprint density at radius 3 is 2.58 bits per heavy atom. The number of hydrogen-bond acceptors (Lipinski definition) is 5. The smallest absolute Gasteiger partial charge is 0.250 e. The molecule has 26 heavy (non-hydrogen) atoms. The molecule has 0 aromatic heterocycles. The number of hydrogen-bond donors (Lipinski definition) is 1. The number of hydrazone groups is 1. The molecule has 0 radical (unpaired) electrons. The van der Waals surface area contributed by atoms with E-state index >= 15 is 0 Å². The third-order valence-corrected chi connectivity index (χ3v) is 4.95. The highest BCUT2D eigenvalue weighted by Crippen LogP contribution is 2.27. The Balaban J connectivity index is 1.88. The van der Waals surface area contributed by atoms with Crippen molar-refractivity contribution >= 4 is 35.0 Å². The topological polar surface area (TPSA) is 59.9 Å². The maximum Gasteiger partial charge on any atom is 0.250 e. The summed E-state index contributed by atoms with van der Waals surface area (Å²) in [4.78, 5) is 12.0. The summed E-state index contributed by atoms with van der Waals surface area (Å²) >= 11 is 7.59. The lowest BCUT2D eigenvalue weighted by molar-refractivity contribution is -0.118. The van der Waals surface area contributed by atoms with E-state index < -0.39 is 0 Å². The lowest BCUT2D eigenvalue weighted by Crippen LogP contribution is -2.21. The predicted molar refractivity (Wildman–Crippen MR) is 108 cm³/mol. The predicted octanol–water partition coefficient (Wildman–Crippen LogP) is 4.13. The first-order chi connectivity index (χ1) is 12.5. The zero-order chi connectivity index (χ0) is 18.9. The molecule has 2 aromatic carbocycles. The summed E-state index contributed by atoms with van der Waals surface area (Å²) in [5.74, 6) is 2.06. The number of thioether (sulfide) groups is 1. The van der Waals surface area contributed by atoms with Crippen molar-refractivity contribution in [3.05, 3.63) is 58.6 Å². The summed E-state index contributed by atoms with van der Waals surface area (Å²) in [5, 5.41) is 4.86. The summed E-state index contributed by atoms with van der Waals surface area (Å²) in [7, 11) is 3.16. The normalized spacial score (nSPS) is 11.2. The van der Waals surface area contributed by atoms with Gasteiger partial charge in [0.05, 0.1) is 25.7 Å². The minimum absolute atomic E-state index is 0.165. The molecule has 0 heterocycles. The van der Waals surface area contributed by atoms with Crippen molar-refractivity contribution in [1.82, 2.24) is 5.43 Å². The number of rotatable bonds is 8. The van der Waals surface area contributed by atoms with Crippen LogP contribution in [0.15, 0.2) is 47.6 Å². The maximum atomic E-state index is 12.0. The van der Waals surface area contributed by atoms with Gasteiger partial charge in [-0.2, -0.15) is 5.10 Å². The van der Waals surface area contributed by atoms with Crippen molar-refractivity contribution in [3.8, 4) is 11.5 Å². The summed E-state index contributed by atoms with van der Waals surface area (Å²) in [6.45, 7) is 1.82. The van der Waals surface area contributed by atoms with E-state index in [-0.39, 0.29) is 5.91 Å². The molecule has 0 fully saturated rings. The van der Waals surface area contributed by atoms with Gasteiger partial charge in [0.25, 0.3) is 0 Å². The van der Waals surface area contributed by atoms with Crippen LogP contribution in [0.4, 0.5) is 0 Å². The summed E-state index contributed by atoms with van der Waals surface area (Å²) in [5.41, 5.74) is 5.10. The van der Waals surface area contributed by atoms with Crippen LogP contribution in [-0.4, -0.2) is 31.6 Å². The first-order valence-electron chi connectivity index (χ1n) is 7.91. The molecule has 0 saturated heterocycles. The van der Waals surface area contributed by atoms with Crippen molar-refractivity contribution in [3.63, 3.8) is 0 Å². The van der Waals surface area contributed by atoms with Gasteiger partial charge in [-0.1, -0.05) is 29.8 Å². The van der Waals surface area contributed by atoms with E-state index in [1.807, 2.05) is 43.3 Å². The molecule has 0 atom stereocenters. The van der Waals surface area contributed by atoms with Crippen molar-refractivity contribution in [1.29, 1.82) is 0 Å². The molecule has 5 nitrogen and oxygen atoms in total. The number of amides is 1. The zero-order valence-corrected chi connectivity index (χ0v) is 16.5. The van der Waals surface area contributed by atoms with Crippen LogP contribution in [0.1, 0.15) is 18.1 Å². The number of benzene rings is 2. The van der Waals surface area contributed by atoms with Crippen LogP contribution in [0.5, 0.6) is 11.5 Å². The van der Waals surface area contributed by atoms with Gasteiger partial charge in [-0.05, 0) is 36.8 Å². The largest absolute Gasteiger partial charge is 0.493 e. The van der Waals surface area contributed by atoms with E-state index in [0.29, 0.717) is 33.7 Å². The fourth-order valence-electron chi connectivity index (χ4n) is 2.17. The summed E-state index contributed by atoms with van der Waals surface area (Å²) in [6, 6.07) is 13.1. The molecule has 1 amide bonds. The quantitative estimate of drug-likeness (QED) is 0.542. The fourth-order valence-corrected chi connectivity index (χ4v) is 3.28. The maximum absolute atomic E-state index is 12.0. The van der Waals surface area contributed by atoms with Crippen LogP contribution in [0, 0.1) is 0 Å². The molecular formula is C19H21ClN2O3S. The van der Waals surface area contributed by atoms with Gasteiger partial charge in [-0.25, -0.2) is 5.43 Å². The van der Waals surface area contributed by atoms with Crippen molar-refractivity contribution in [2.45, 2.75) is 12.7 Å². The van der Waals surface area contributed by atoms with Gasteiger partial charge in [0.1, 0.15) is 0 Å². The molecule has 2 rings (SSSR count). The average Bonchev–Trinajstić information content (AvgIpc) is 2.67. The van der Waals surface area contributed by atoms with E-state index in [1.54, 1.807) is 20.3 Å². The summed E-state index contributed by atoms with van der Waals surface area (Å²) in [6.07, 6.45) is 0. The zero-order valence-electron chi connectivity index (χ0n) is 14.9. The molecule has 7 heteroatoms. The number of nitrogens with zero attached hydrogens (tertiary/aromatic N) is 1. The SMILES string of the molecule is COc1ccc(/C(C)=N/NC(=O)CSCc2ccccc2Cl)cc1OC. The molecule has 1 N–H and O–H groups in total. The van der Waals surface area contributed by atoms with Gasteiger partial charge < -0.3 is 9.47 Å². The van der Waals surface area contributed by atoms with Crippen molar-refractivity contribution in [2.75, 3.05) is 20.0 Å². The molecule has 138 valence electrons. The van der Waals surface area contributed by atoms with Crippen LogP contribution in [0.3, 0.4) is 0 Å². The molecule has 0 spiro atoms. The molecule has 0 bridgehead atoms. The number of methoxy groups -OCH3 is 2. The second kappa shape index (κ2) is 10.1. The van der Waals surface area contributed by atoms with Crippen LogP contribution < -0.4 is 14.9 Å². The number of halogens is 1. The molecule has 0 unspecified atom stereocenters. The van der Waals surface area contributed by atoms with Gasteiger partial charge >= 0.3 is 0 Å².